The first-order valence-electron chi connectivity index (χ1n) is 23.7. The van der Waals surface area contributed by atoms with E-state index in [1.165, 1.54) is 21.5 Å². The van der Waals surface area contributed by atoms with E-state index in [4.69, 9.17) is 15.0 Å². The van der Waals surface area contributed by atoms with Gasteiger partial charge in [-0.3, -0.25) is 9.13 Å². The van der Waals surface area contributed by atoms with E-state index in [2.05, 4.69) is 255 Å². The Hall–Kier alpha value is -9.59. The highest BCUT2D eigenvalue weighted by atomic mass is 15.3. The summed E-state index contributed by atoms with van der Waals surface area (Å²) < 4.78 is 9.19. The molecule has 0 saturated heterocycles. The topological polar surface area (TPSA) is 58.4 Å². The van der Waals surface area contributed by atoms with Gasteiger partial charge in [0.15, 0.2) is 5.82 Å². The quantitative estimate of drug-likeness (QED) is 0.167. The molecule has 0 fully saturated rings. The van der Waals surface area contributed by atoms with Gasteiger partial charge in [0, 0.05) is 48.8 Å². The van der Waals surface area contributed by atoms with Gasteiger partial charge in [0.2, 0.25) is 11.9 Å². The second-order valence-corrected chi connectivity index (χ2v) is 18.0. The summed E-state index contributed by atoms with van der Waals surface area (Å²) in [7, 11) is 0. The van der Waals surface area contributed by atoms with Crippen LogP contribution in [0.5, 0.6) is 0 Å². The monoisotopic (exact) mass is 893 g/mol. The molecule has 0 aliphatic rings. The molecular weight excluding hydrogens is 855 g/mol. The second-order valence-electron chi connectivity index (χ2n) is 18.0. The molecule has 7 heteroatoms. The molecule has 0 unspecified atom stereocenters. The van der Waals surface area contributed by atoms with Crippen LogP contribution in [0.15, 0.2) is 237 Å². The van der Waals surface area contributed by atoms with E-state index in [1.54, 1.807) is 0 Å². The van der Waals surface area contributed by atoms with E-state index in [0.29, 0.717) is 17.7 Å². The Morgan fingerprint density at radius 2 is 0.586 bits per heavy atom. The van der Waals surface area contributed by atoms with Crippen LogP contribution < -0.4 is 0 Å². The predicted molar refractivity (Wildman–Crippen MR) is 288 cm³/mol. The van der Waals surface area contributed by atoms with E-state index in [-0.39, 0.29) is 0 Å². The standard InChI is InChI=1S/C63H39N7/c1-9-30-51-43(21-1)44-22-2-10-31-52(44)67(51)41-20-17-19-40(39-41)42-29-18-38-59(68-53-32-11-3-23-45(53)46-24-4-12-33-54(46)68)60(42)61-64-62(69-55-34-13-5-25-47(55)48-26-6-14-35-56(48)69)66-63(65-61)70-57-36-15-7-27-49(57)50-28-8-16-37-58(50)70/h1-39H. The van der Waals surface area contributed by atoms with Crippen LogP contribution in [-0.2, 0) is 0 Å². The van der Waals surface area contributed by atoms with Crippen molar-refractivity contribution < 1.29 is 0 Å². The molecule has 0 aliphatic heterocycles. The van der Waals surface area contributed by atoms with Crippen LogP contribution in [0.2, 0.25) is 0 Å². The highest BCUT2D eigenvalue weighted by molar-refractivity contribution is 6.13. The molecule has 326 valence electrons. The first-order chi connectivity index (χ1) is 34.8. The Labute approximate surface area is 401 Å². The first-order valence-corrected chi connectivity index (χ1v) is 23.7. The van der Waals surface area contributed by atoms with Crippen LogP contribution >= 0.6 is 0 Å². The van der Waals surface area contributed by atoms with E-state index in [0.717, 1.165) is 93.7 Å². The number of rotatable bonds is 6. The van der Waals surface area contributed by atoms with Crippen molar-refractivity contribution in [3.63, 3.8) is 0 Å². The minimum absolute atomic E-state index is 0.529. The largest absolute Gasteiger partial charge is 0.309 e. The van der Waals surface area contributed by atoms with Crippen molar-refractivity contribution in [1.82, 2.24) is 33.2 Å². The molecule has 15 rings (SSSR count). The highest BCUT2D eigenvalue weighted by Gasteiger charge is 2.26. The van der Waals surface area contributed by atoms with Crippen molar-refractivity contribution in [1.29, 1.82) is 0 Å². The van der Waals surface area contributed by atoms with E-state index < -0.39 is 0 Å². The zero-order valence-electron chi connectivity index (χ0n) is 37.6. The van der Waals surface area contributed by atoms with Crippen LogP contribution in [0.3, 0.4) is 0 Å². The number of hydrogen-bond donors (Lipinski definition) is 0. The SMILES string of the molecule is c1cc(-c2cccc(-n3c4ccccc4c4ccccc43)c2-c2nc(-n3c4ccccc4c4ccccc43)nc(-n3c4ccccc4c4ccccc43)n2)cc(-n2c3ccccc3c3ccccc32)c1. The van der Waals surface area contributed by atoms with Gasteiger partial charge in [0.1, 0.15) is 0 Å². The van der Waals surface area contributed by atoms with Crippen LogP contribution in [-0.4, -0.2) is 33.2 Å². The average Bonchev–Trinajstić information content (AvgIpc) is 4.16. The second kappa shape index (κ2) is 15.0. The Morgan fingerprint density at radius 1 is 0.257 bits per heavy atom. The summed E-state index contributed by atoms with van der Waals surface area (Å²) in [6.45, 7) is 0. The molecule has 15 aromatic rings. The summed E-state index contributed by atoms with van der Waals surface area (Å²) in [5.74, 6) is 1.61. The van der Waals surface area contributed by atoms with Gasteiger partial charge in [0.05, 0.1) is 55.4 Å². The van der Waals surface area contributed by atoms with Gasteiger partial charge in [0.25, 0.3) is 0 Å². The molecule has 0 saturated carbocycles. The van der Waals surface area contributed by atoms with Gasteiger partial charge in [-0.25, -0.2) is 0 Å². The molecule has 0 radical (unpaired) electrons. The lowest BCUT2D eigenvalue weighted by atomic mass is 9.96. The molecule has 0 atom stereocenters. The molecule has 0 aliphatic carbocycles. The minimum atomic E-state index is 0.529. The molecule has 70 heavy (non-hydrogen) atoms. The predicted octanol–water partition coefficient (Wildman–Crippen LogP) is 15.6. The summed E-state index contributed by atoms with van der Waals surface area (Å²) in [6.07, 6.45) is 0. The summed E-state index contributed by atoms with van der Waals surface area (Å²) in [4.78, 5) is 16.9. The molecule has 0 spiro atoms. The summed E-state index contributed by atoms with van der Waals surface area (Å²) >= 11 is 0. The number of fused-ring (bicyclic) bond motifs is 12. The number of benzene rings is 10. The third kappa shape index (κ3) is 5.54. The van der Waals surface area contributed by atoms with Crippen molar-refractivity contribution in [2.45, 2.75) is 0 Å². The molecule has 0 bridgehead atoms. The lowest BCUT2D eigenvalue weighted by Crippen LogP contribution is -2.11. The maximum atomic E-state index is 5.70. The van der Waals surface area contributed by atoms with Crippen LogP contribution in [0.25, 0.3) is 133 Å². The molecule has 10 aromatic carbocycles. The van der Waals surface area contributed by atoms with Gasteiger partial charge < -0.3 is 9.13 Å². The average molecular weight is 894 g/mol. The normalized spacial score (nSPS) is 12.0. The Bertz CT molecular complexity index is 4280. The zero-order valence-corrected chi connectivity index (χ0v) is 37.6. The van der Waals surface area contributed by atoms with Crippen molar-refractivity contribution >= 4 is 87.2 Å². The third-order valence-corrected chi connectivity index (χ3v) is 14.3. The molecule has 0 N–H and O–H groups in total. The van der Waals surface area contributed by atoms with Crippen molar-refractivity contribution in [2.75, 3.05) is 0 Å². The highest BCUT2D eigenvalue weighted by Crippen LogP contribution is 2.43. The van der Waals surface area contributed by atoms with Crippen molar-refractivity contribution in [2.24, 2.45) is 0 Å². The summed E-state index contributed by atoms with van der Waals surface area (Å²) in [5.41, 5.74) is 13.5. The molecular formula is C63H39N7. The Kier molecular flexibility index (Phi) is 8.23. The number of aromatic nitrogens is 7. The maximum Gasteiger partial charge on any atom is 0.240 e. The van der Waals surface area contributed by atoms with Crippen LogP contribution in [0.4, 0.5) is 0 Å². The van der Waals surface area contributed by atoms with Gasteiger partial charge in [-0.2, -0.15) is 15.0 Å². The van der Waals surface area contributed by atoms with Gasteiger partial charge in [-0.1, -0.05) is 170 Å². The molecule has 0 amide bonds. The fourth-order valence-corrected chi connectivity index (χ4v) is 11.3. The molecule has 5 heterocycles. The van der Waals surface area contributed by atoms with Crippen molar-refractivity contribution in [3.05, 3.63) is 237 Å². The van der Waals surface area contributed by atoms with E-state index in [9.17, 15) is 0 Å². The zero-order chi connectivity index (χ0) is 45.9. The fraction of sp³-hybridized carbons (Fsp3) is 0. The number of hydrogen-bond acceptors (Lipinski definition) is 3. The summed E-state index contributed by atoms with van der Waals surface area (Å²) in [5, 5.41) is 9.32. The van der Waals surface area contributed by atoms with Crippen LogP contribution in [0.1, 0.15) is 0 Å². The first kappa shape index (κ1) is 38.5. The van der Waals surface area contributed by atoms with Crippen LogP contribution in [0, 0.1) is 0 Å². The smallest absolute Gasteiger partial charge is 0.240 e. The number of para-hydroxylation sites is 8. The Morgan fingerprint density at radius 3 is 0.971 bits per heavy atom. The van der Waals surface area contributed by atoms with Crippen molar-refractivity contribution in [3.8, 4) is 45.8 Å². The summed E-state index contributed by atoms with van der Waals surface area (Å²) in [6, 6.07) is 84.4. The third-order valence-electron chi connectivity index (χ3n) is 14.3. The van der Waals surface area contributed by atoms with Gasteiger partial charge in [-0.05, 0) is 77.9 Å². The number of nitrogens with zero attached hydrogens (tertiary/aromatic N) is 7. The fourth-order valence-electron chi connectivity index (χ4n) is 11.3. The van der Waals surface area contributed by atoms with Gasteiger partial charge in [-0.15, -0.1) is 0 Å². The molecule has 7 nitrogen and oxygen atoms in total. The molecule has 5 aromatic heterocycles. The lowest BCUT2D eigenvalue weighted by molar-refractivity contribution is 0.892. The minimum Gasteiger partial charge on any atom is -0.309 e. The van der Waals surface area contributed by atoms with E-state index >= 15 is 0 Å². The Balaban J connectivity index is 1.09. The van der Waals surface area contributed by atoms with E-state index in [1.807, 2.05) is 0 Å². The maximum absolute atomic E-state index is 5.70. The lowest BCUT2D eigenvalue weighted by Gasteiger charge is -2.19. The van der Waals surface area contributed by atoms with Gasteiger partial charge >= 0.3 is 0 Å².